The molecule has 0 aliphatic rings. The first-order valence-electron chi connectivity index (χ1n) is 3.67. The Hall–Kier alpha value is -1.23. The number of aromatic nitrogens is 1. The first kappa shape index (κ1) is 9.85. The van der Waals surface area contributed by atoms with Gasteiger partial charge < -0.3 is 10.1 Å². The first-order chi connectivity index (χ1) is 6.04. The first-order valence-corrected chi connectivity index (χ1v) is 4.11. The second kappa shape index (κ2) is 3.66. The molecule has 0 radical (unpaired) electrons. The minimum absolute atomic E-state index is 0.126. The van der Waals surface area contributed by atoms with Crippen LogP contribution < -0.4 is 4.73 Å². The summed E-state index contributed by atoms with van der Waals surface area (Å²) in [5, 5.41) is 11.2. The molecule has 1 rings (SSSR count). The Morgan fingerprint density at radius 1 is 1.62 bits per heavy atom. The van der Waals surface area contributed by atoms with Crippen LogP contribution in [0, 0.1) is 5.21 Å². The van der Waals surface area contributed by atoms with E-state index in [1.165, 1.54) is 17.2 Å². The van der Waals surface area contributed by atoms with Crippen LogP contribution in [0.5, 0.6) is 0 Å². The van der Waals surface area contributed by atoms with Crippen LogP contribution in [0.25, 0.3) is 0 Å². The Bertz CT molecular complexity index is 339. The summed E-state index contributed by atoms with van der Waals surface area (Å²) in [5.74, 6) is -0.227. The molecule has 1 aromatic rings. The van der Waals surface area contributed by atoms with Gasteiger partial charge in [-0.05, 0) is 6.07 Å². The molecule has 13 heavy (non-hydrogen) atoms. The van der Waals surface area contributed by atoms with Crippen molar-refractivity contribution in [3.8, 4) is 0 Å². The van der Waals surface area contributed by atoms with Crippen molar-refractivity contribution in [2.75, 3.05) is 14.1 Å². The van der Waals surface area contributed by atoms with Gasteiger partial charge in [-0.25, -0.2) is 0 Å². The molecule has 0 bridgehead atoms. The number of rotatable bonds is 1. The lowest BCUT2D eigenvalue weighted by molar-refractivity contribution is -0.645. The molecule has 0 saturated carbocycles. The molecule has 1 amide bonds. The van der Waals surface area contributed by atoms with Crippen molar-refractivity contribution in [3.05, 3.63) is 29.1 Å². The molecule has 0 aliphatic heterocycles. The number of thiol groups is 1. The lowest BCUT2D eigenvalue weighted by Gasteiger charge is -2.10. The summed E-state index contributed by atoms with van der Waals surface area (Å²) in [6.07, 6.45) is 1.30. The van der Waals surface area contributed by atoms with E-state index in [2.05, 4.69) is 12.6 Å². The van der Waals surface area contributed by atoms with Gasteiger partial charge in [0.15, 0.2) is 6.20 Å². The molecule has 0 spiro atoms. The minimum Gasteiger partial charge on any atom is -0.618 e. The van der Waals surface area contributed by atoms with E-state index in [1.54, 1.807) is 20.2 Å². The van der Waals surface area contributed by atoms with Crippen LogP contribution in [0.1, 0.15) is 10.4 Å². The Morgan fingerprint density at radius 3 is 2.77 bits per heavy atom. The number of hydrogen-bond donors (Lipinski definition) is 1. The van der Waals surface area contributed by atoms with Gasteiger partial charge in [0, 0.05) is 20.2 Å². The summed E-state index contributed by atoms with van der Waals surface area (Å²) in [6.45, 7) is 0. The summed E-state index contributed by atoms with van der Waals surface area (Å²) in [5.41, 5.74) is 0.311. The summed E-state index contributed by atoms with van der Waals surface area (Å²) in [7, 11) is 3.25. The third-order valence-electron chi connectivity index (χ3n) is 1.57. The highest BCUT2D eigenvalue weighted by molar-refractivity contribution is 7.80. The zero-order chi connectivity index (χ0) is 10.0. The van der Waals surface area contributed by atoms with Gasteiger partial charge in [-0.1, -0.05) is 12.6 Å². The Labute approximate surface area is 81.8 Å². The monoisotopic (exact) mass is 198 g/mol. The van der Waals surface area contributed by atoms with E-state index >= 15 is 0 Å². The van der Waals surface area contributed by atoms with Crippen molar-refractivity contribution < 1.29 is 9.52 Å². The maximum Gasteiger partial charge on any atom is 0.261 e. The van der Waals surface area contributed by atoms with Gasteiger partial charge in [0.2, 0.25) is 0 Å². The molecule has 0 fully saturated rings. The zero-order valence-electron chi connectivity index (χ0n) is 7.39. The van der Waals surface area contributed by atoms with Crippen molar-refractivity contribution in [2.24, 2.45) is 0 Å². The highest BCUT2D eigenvalue weighted by atomic mass is 32.1. The van der Waals surface area contributed by atoms with Crippen LogP contribution in [0.15, 0.2) is 23.4 Å². The smallest absolute Gasteiger partial charge is 0.261 e. The van der Waals surface area contributed by atoms with Gasteiger partial charge in [-0.15, -0.1) is 0 Å². The predicted molar refractivity (Wildman–Crippen MR) is 50.7 cm³/mol. The normalized spacial score (nSPS) is 9.77. The molecule has 0 unspecified atom stereocenters. The minimum atomic E-state index is -0.227. The molecule has 1 aromatic heterocycles. The van der Waals surface area contributed by atoms with Gasteiger partial charge >= 0.3 is 0 Å². The number of hydrogen-bond acceptors (Lipinski definition) is 3. The third kappa shape index (κ3) is 1.92. The van der Waals surface area contributed by atoms with E-state index in [1.807, 2.05) is 0 Å². The van der Waals surface area contributed by atoms with Crippen LogP contribution in [0.3, 0.4) is 0 Å². The van der Waals surface area contributed by atoms with Crippen LogP contribution >= 0.6 is 12.6 Å². The average molecular weight is 198 g/mol. The number of carbonyl (C=O) groups excluding carboxylic acids is 1. The van der Waals surface area contributed by atoms with Gasteiger partial charge in [0.25, 0.3) is 10.9 Å². The van der Waals surface area contributed by atoms with Gasteiger partial charge in [0.1, 0.15) is 5.56 Å². The molecule has 1 heterocycles. The molecule has 0 aromatic carbocycles. The lowest BCUT2D eigenvalue weighted by Crippen LogP contribution is -2.32. The molecule has 70 valence electrons. The van der Waals surface area contributed by atoms with Crippen LogP contribution in [-0.4, -0.2) is 24.9 Å². The fourth-order valence-corrected chi connectivity index (χ4v) is 1.13. The second-order valence-electron chi connectivity index (χ2n) is 2.77. The molecule has 0 saturated heterocycles. The van der Waals surface area contributed by atoms with E-state index < -0.39 is 0 Å². The third-order valence-corrected chi connectivity index (χ3v) is 2.01. The van der Waals surface area contributed by atoms with Crippen molar-refractivity contribution in [1.29, 1.82) is 0 Å². The topological polar surface area (TPSA) is 47.2 Å². The molecule has 0 N–H and O–H groups in total. The Balaban J connectivity index is 3.15. The van der Waals surface area contributed by atoms with E-state index in [-0.39, 0.29) is 10.9 Å². The zero-order valence-corrected chi connectivity index (χ0v) is 8.28. The maximum atomic E-state index is 11.4. The molecule has 0 aliphatic carbocycles. The van der Waals surface area contributed by atoms with Gasteiger partial charge in [-0.3, -0.25) is 4.79 Å². The van der Waals surface area contributed by atoms with Crippen LogP contribution in [0.4, 0.5) is 0 Å². The Kier molecular flexibility index (Phi) is 2.77. The van der Waals surface area contributed by atoms with E-state index in [0.717, 1.165) is 0 Å². The van der Waals surface area contributed by atoms with Crippen molar-refractivity contribution >= 4 is 18.5 Å². The number of carbonyl (C=O) groups is 1. The highest BCUT2D eigenvalue weighted by Gasteiger charge is 2.16. The van der Waals surface area contributed by atoms with Crippen LogP contribution in [-0.2, 0) is 0 Å². The fourth-order valence-electron chi connectivity index (χ4n) is 0.889. The SMILES string of the molecule is CN(C)C(=O)c1ccc[n+]([O-])c1S. The lowest BCUT2D eigenvalue weighted by atomic mass is 10.2. The number of amides is 1. The highest BCUT2D eigenvalue weighted by Crippen LogP contribution is 2.09. The van der Waals surface area contributed by atoms with Crippen LogP contribution in [0.2, 0.25) is 0 Å². The standard InChI is InChI=1S/C8H10N2O2S/c1-9(2)7(11)6-4-3-5-10(12)8(6)13/h3-5,13H,1-2H3. The Morgan fingerprint density at radius 2 is 2.23 bits per heavy atom. The molecule has 0 atom stereocenters. The second-order valence-corrected chi connectivity index (χ2v) is 3.19. The molecule has 5 heteroatoms. The number of nitrogens with zero attached hydrogens (tertiary/aromatic N) is 2. The summed E-state index contributed by atoms with van der Waals surface area (Å²) in [4.78, 5) is 12.8. The molecular formula is C8H10N2O2S. The predicted octanol–water partition coefficient (Wildman–Crippen LogP) is 0.311. The quantitative estimate of drug-likeness (QED) is 0.401. The molecule has 4 nitrogen and oxygen atoms in total. The summed E-state index contributed by atoms with van der Waals surface area (Å²) < 4.78 is 0.555. The van der Waals surface area contributed by atoms with E-state index in [0.29, 0.717) is 10.3 Å². The fraction of sp³-hybridized carbons (Fsp3) is 0.250. The number of pyridine rings is 1. The van der Waals surface area contributed by atoms with Crippen molar-refractivity contribution in [1.82, 2.24) is 4.90 Å². The molecular weight excluding hydrogens is 188 g/mol. The largest absolute Gasteiger partial charge is 0.618 e. The average Bonchev–Trinajstić information content (AvgIpc) is 2.08. The van der Waals surface area contributed by atoms with Crippen molar-refractivity contribution in [3.63, 3.8) is 0 Å². The van der Waals surface area contributed by atoms with Crippen molar-refractivity contribution in [2.45, 2.75) is 5.03 Å². The van der Waals surface area contributed by atoms with Gasteiger partial charge in [0.05, 0.1) is 0 Å². The van der Waals surface area contributed by atoms with Gasteiger partial charge in [-0.2, -0.15) is 4.73 Å². The summed E-state index contributed by atoms with van der Waals surface area (Å²) >= 11 is 3.95. The van der Waals surface area contributed by atoms with E-state index in [4.69, 9.17) is 0 Å². The maximum absolute atomic E-state index is 11.4. The summed E-state index contributed by atoms with van der Waals surface area (Å²) in [6, 6.07) is 3.09. The van der Waals surface area contributed by atoms with E-state index in [9.17, 15) is 10.0 Å².